The highest BCUT2D eigenvalue weighted by atomic mass is 19.4. The highest BCUT2D eigenvalue weighted by Crippen LogP contribution is 2.45. The molecule has 7 nitrogen and oxygen atoms in total. The molecule has 4 rings (SSSR count). The minimum Gasteiger partial charge on any atom is -0.444 e. The van der Waals surface area contributed by atoms with E-state index in [-0.39, 0.29) is 54.9 Å². The first-order chi connectivity index (χ1) is 16.6. The standard InChI is InChI=1S/C24H32F5N5O2/c1-14-11-33(21(35)36-22(3,4)5)15(2)10-32(14)19-18-17(24(27,28)29)12-34(20(18)31-13-30-19)16-7-6-8-23(25,26)9-16/h12-16H,6-11H2,1-5H3/t14-,15+,16?/m0/s1. The van der Waals surface area contributed by atoms with E-state index < -0.39 is 41.8 Å². The maximum atomic E-state index is 14.2. The molecule has 2 aromatic heterocycles. The molecule has 3 heterocycles. The van der Waals surface area contributed by atoms with Crippen molar-refractivity contribution in [1.82, 2.24) is 19.4 Å². The van der Waals surface area contributed by atoms with Gasteiger partial charge in [-0.25, -0.2) is 23.5 Å². The van der Waals surface area contributed by atoms with Gasteiger partial charge in [0.2, 0.25) is 5.92 Å². The third kappa shape index (κ3) is 5.22. The molecule has 1 saturated heterocycles. The van der Waals surface area contributed by atoms with Crippen molar-refractivity contribution in [3.63, 3.8) is 0 Å². The summed E-state index contributed by atoms with van der Waals surface area (Å²) in [6.45, 7) is 9.31. The maximum Gasteiger partial charge on any atom is 0.418 e. The molecule has 12 heteroatoms. The molecule has 2 aliphatic rings. The Labute approximate surface area is 206 Å². The van der Waals surface area contributed by atoms with Gasteiger partial charge >= 0.3 is 12.3 Å². The zero-order valence-corrected chi connectivity index (χ0v) is 21.1. The molecule has 1 amide bonds. The van der Waals surface area contributed by atoms with E-state index in [1.165, 1.54) is 10.9 Å². The smallest absolute Gasteiger partial charge is 0.418 e. The number of hydrogen-bond donors (Lipinski definition) is 0. The predicted molar refractivity (Wildman–Crippen MR) is 124 cm³/mol. The van der Waals surface area contributed by atoms with Crippen LogP contribution in [0.1, 0.15) is 71.9 Å². The third-order valence-corrected chi connectivity index (χ3v) is 6.79. The molecule has 1 aliphatic heterocycles. The number of anilines is 1. The second kappa shape index (κ2) is 9.02. The number of carbonyl (C=O) groups excluding carboxylic acids is 1. The first kappa shape index (κ1) is 26.4. The van der Waals surface area contributed by atoms with Crippen LogP contribution in [0.3, 0.4) is 0 Å². The van der Waals surface area contributed by atoms with Crippen molar-refractivity contribution in [3.8, 4) is 0 Å². The van der Waals surface area contributed by atoms with Crippen molar-refractivity contribution in [1.29, 1.82) is 0 Å². The number of nitrogens with zero attached hydrogens (tertiary/aromatic N) is 5. The first-order valence-electron chi connectivity index (χ1n) is 12.1. The van der Waals surface area contributed by atoms with Crippen LogP contribution in [0.4, 0.5) is 32.6 Å². The molecule has 3 atom stereocenters. The zero-order chi connectivity index (χ0) is 26.6. The summed E-state index contributed by atoms with van der Waals surface area (Å²) in [5.41, 5.74) is -1.64. The minimum atomic E-state index is -4.73. The van der Waals surface area contributed by atoms with E-state index in [0.29, 0.717) is 6.42 Å². The van der Waals surface area contributed by atoms with Gasteiger partial charge in [-0.2, -0.15) is 13.2 Å². The molecular formula is C24H32F5N5O2. The lowest BCUT2D eigenvalue weighted by Crippen LogP contribution is -2.59. The van der Waals surface area contributed by atoms with Gasteiger partial charge in [0.25, 0.3) is 0 Å². The third-order valence-electron chi connectivity index (χ3n) is 6.79. The quantitative estimate of drug-likeness (QED) is 0.455. The summed E-state index contributed by atoms with van der Waals surface area (Å²) >= 11 is 0. The van der Waals surface area contributed by atoms with E-state index in [0.717, 1.165) is 6.20 Å². The number of carbonyl (C=O) groups is 1. The average molecular weight is 518 g/mol. The number of fused-ring (bicyclic) bond motifs is 1. The van der Waals surface area contributed by atoms with Crippen LogP contribution in [0.5, 0.6) is 0 Å². The van der Waals surface area contributed by atoms with E-state index in [9.17, 15) is 26.7 Å². The summed E-state index contributed by atoms with van der Waals surface area (Å²) < 4.78 is 77.6. The van der Waals surface area contributed by atoms with Crippen molar-refractivity contribution in [2.24, 2.45) is 0 Å². The van der Waals surface area contributed by atoms with Crippen molar-refractivity contribution in [2.45, 2.75) is 96.1 Å². The van der Waals surface area contributed by atoms with Crippen molar-refractivity contribution in [3.05, 3.63) is 18.1 Å². The summed E-state index contributed by atoms with van der Waals surface area (Å²) in [6.07, 6.45) is -3.38. The Morgan fingerprint density at radius 1 is 1.11 bits per heavy atom. The Morgan fingerprint density at radius 2 is 1.81 bits per heavy atom. The minimum absolute atomic E-state index is 0.00977. The lowest BCUT2D eigenvalue weighted by Gasteiger charge is -2.44. The van der Waals surface area contributed by atoms with Gasteiger partial charge in [-0.1, -0.05) is 0 Å². The van der Waals surface area contributed by atoms with Crippen LogP contribution in [0.15, 0.2) is 12.5 Å². The van der Waals surface area contributed by atoms with Gasteiger partial charge in [-0.3, -0.25) is 0 Å². The van der Waals surface area contributed by atoms with E-state index in [1.807, 2.05) is 0 Å². The molecule has 0 radical (unpaired) electrons. The van der Waals surface area contributed by atoms with Gasteiger partial charge in [-0.15, -0.1) is 0 Å². The first-order valence-corrected chi connectivity index (χ1v) is 12.1. The monoisotopic (exact) mass is 517 g/mol. The number of alkyl halides is 5. The van der Waals surface area contributed by atoms with Gasteiger partial charge in [0, 0.05) is 50.3 Å². The molecule has 0 bridgehead atoms. The van der Waals surface area contributed by atoms with Crippen LogP contribution < -0.4 is 4.90 Å². The average Bonchev–Trinajstić information content (AvgIpc) is 3.13. The van der Waals surface area contributed by atoms with Gasteiger partial charge in [0.15, 0.2) is 0 Å². The highest BCUT2D eigenvalue weighted by Gasteiger charge is 2.43. The molecule has 2 aromatic rings. The molecule has 0 N–H and O–H groups in total. The Hall–Kier alpha value is -2.66. The number of ether oxygens (including phenoxy) is 1. The number of rotatable bonds is 2. The van der Waals surface area contributed by atoms with Crippen LogP contribution in [0.2, 0.25) is 0 Å². The van der Waals surface area contributed by atoms with Crippen LogP contribution in [0, 0.1) is 0 Å². The Morgan fingerprint density at radius 3 is 2.42 bits per heavy atom. The van der Waals surface area contributed by atoms with Gasteiger partial charge in [-0.05, 0) is 47.5 Å². The summed E-state index contributed by atoms with van der Waals surface area (Å²) in [6, 6.07) is -1.54. The van der Waals surface area contributed by atoms with E-state index >= 15 is 0 Å². The fourth-order valence-electron chi connectivity index (χ4n) is 5.16. The molecule has 200 valence electrons. The number of halogens is 5. The SMILES string of the molecule is C[C@@H]1CN(c2ncnc3c2c(C(F)(F)F)cn3C2CCCC(F)(F)C2)[C@@H](C)CN1C(=O)OC(C)(C)C. The predicted octanol–water partition coefficient (Wildman–Crippen LogP) is 6.03. The van der Waals surface area contributed by atoms with E-state index in [2.05, 4.69) is 9.97 Å². The van der Waals surface area contributed by atoms with E-state index in [1.54, 1.807) is 44.4 Å². The topological polar surface area (TPSA) is 63.5 Å². The van der Waals surface area contributed by atoms with E-state index in [4.69, 9.17) is 4.74 Å². The summed E-state index contributed by atoms with van der Waals surface area (Å²) in [5, 5.41) is -0.205. The van der Waals surface area contributed by atoms with Crippen molar-refractivity contribution in [2.75, 3.05) is 18.0 Å². The lowest BCUT2D eigenvalue weighted by atomic mass is 9.92. The molecule has 1 unspecified atom stereocenters. The normalized spacial score (nSPS) is 25.3. The second-order valence-corrected chi connectivity index (χ2v) is 10.9. The summed E-state index contributed by atoms with van der Waals surface area (Å²) in [7, 11) is 0. The second-order valence-electron chi connectivity index (χ2n) is 10.9. The molecule has 36 heavy (non-hydrogen) atoms. The molecule has 1 aliphatic carbocycles. The van der Waals surface area contributed by atoms with Crippen molar-refractivity contribution < 1.29 is 31.5 Å². The Bertz CT molecular complexity index is 1130. The van der Waals surface area contributed by atoms with Crippen LogP contribution >= 0.6 is 0 Å². The molecular weight excluding hydrogens is 485 g/mol. The molecule has 2 fully saturated rings. The van der Waals surface area contributed by atoms with Gasteiger partial charge < -0.3 is 19.1 Å². The Kier molecular flexibility index (Phi) is 6.62. The maximum absolute atomic E-state index is 14.2. The van der Waals surface area contributed by atoms with Gasteiger partial charge in [0.1, 0.15) is 23.4 Å². The summed E-state index contributed by atoms with van der Waals surface area (Å²) in [5.74, 6) is -2.85. The fraction of sp³-hybridized carbons (Fsp3) is 0.708. The number of hydrogen-bond acceptors (Lipinski definition) is 5. The van der Waals surface area contributed by atoms with Crippen LogP contribution in [-0.2, 0) is 10.9 Å². The number of aromatic nitrogens is 3. The highest BCUT2D eigenvalue weighted by molar-refractivity contribution is 5.92. The van der Waals surface area contributed by atoms with Crippen LogP contribution in [-0.4, -0.2) is 62.2 Å². The number of amides is 1. The summed E-state index contributed by atoms with van der Waals surface area (Å²) in [4.78, 5) is 24.3. The van der Waals surface area contributed by atoms with Crippen molar-refractivity contribution >= 4 is 22.9 Å². The van der Waals surface area contributed by atoms with Crippen LogP contribution in [0.25, 0.3) is 11.0 Å². The number of piperazine rings is 1. The fourth-order valence-corrected chi connectivity index (χ4v) is 5.16. The molecule has 1 saturated carbocycles. The molecule has 0 spiro atoms. The lowest BCUT2D eigenvalue weighted by molar-refractivity contribution is -0.136. The largest absolute Gasteiger partial charge is 0.444 e. The zero-order valence-electron chi connectivity index (χ0n) is 21.1. The van der Waals surface area contributed by atoms with Gasteiger partial charge in [0.05, 0.1) is 10.9 Å². The Balaban J connectivity index is 1.73. The molecule has 0 aromatic carbocycles.